The molecular formula is C29H44N2O3Si. The molecule has 5 nitrogen and oxygen atoms in total. The van der Waals surface area contributed by atoms with E-state index in [-0.39, 0.29) is 17.9 Å². The highest BCUT2D eigenvalue weighted by atomic mass is 28.3. The van der Waals surface area contributed by atoms with Crippen LogP contribution in [0.3, 0.4) is 0 Å². The summed E-state index contributed by atoms with van der Waals surface area (Å²) in [6.07, 6.45) is 2.86. The summed E-state index contributed by atoms with van der Waals surface area (Å²) < 4.78 is 14.3. The van der Waals surface area contributed by atoms with Crippen LogP contribution in [0.5, 0.6) is 0 Å². The van der Waals surface area contributed by atoms with E-state index in [1.54, 1.807) is 7.11 Å². The molecule has 1 aliphatic heterocycles. The van der Waals surface area contributed by atoms with Gasteiger partial charge in [-0.15, -0.1) is 0 Å². The quantitative estimate of drug-likeness (QED) is 0.294. The molecule has 1 aliphatic rings. The first-order chi connectivity index (χ1) is 16.5. The van der Waals surface area contributed by atoms with Crippen LogP contribution in [0.2, 0.25) is 19.6 Å². The first kappa shape index (κ1) is 27.6. The third-order valence-electron chi connectivity index (χ3n) is 6.46. The Morgan fingerprint density at radius 1 is 1.06 bits per heavy atom. The molecule has 2 aromatic rings. The zero-order chi connectivity index (χ0) is 25.6. The van der Waals surface area contributed by atoms with Crippen LogP contribution in [0.15, 0.2) is 60.7 Å². The van der Waals surface area contributed by atoms with Gasteiger partial charge in [-0.2, -0.15) is 0 Å². The number of rotatable bonds is 10. The molecule has 1 heterocycles. The lowest BCUT2D eigenvalue weighted by molar-refractivity contribution is -0.165. The average Bonchev–Trinajstić information content (AvgIpc) is 3.23. The number of methoxy groups -OCH3 is 1. The van der Waals surface area contributed by atoms with Crippen molar-refractivity contribution >= 4 is 14.2 Å². The topological polar surface area (TPSA) is 42.0 Å². The van der Waals surface area contributed by atoms with Gasteiger partial charge in [-0.05, 0) is 51.2 Å². The third-order valence-corrected chi connectivity index (χ3v) is 8.37. The van der Waals surface area contributed by atoms with Gasteiger partial charge >= 0.3 is 5.97 Å². The van der Waals surface area contributed by atoms with Gasteiger partial charge in [0.15, 0.2) is 0 Å². The van der Waals surface area contributed by atoms with Crippen LogP contribution < -0.4 is 0 Å². The zero-order valence-electron chi connectivity index (χ0n) is 22.7. The molecule has 3 atom stereocenters. The number of hydrogen-bond donors (Lipinski definition) is 0. The lowest BCUT2D eigenvalue weighted by Gasteiger charge is -2.50. The minimum absolute atomic E-state index is 0.129. The maximum absolute atomic E-state index is 14.0. The van der Waals surface area contributed by atoms with Gasteiger partial charge in [0, 0.05) is 19.7 Å². The molecule has 0 aromatic heterocycles. The second kappa shape index (κ2) is 11.8. The molecule has 35 heavy (non-hydrogen) atoms. The first-order valence-corrected chi connectivity index (χ1v) is 16.3. The Bertz CT molecular complexity index is 924. The number of carbonyl (C=O) groups excluding carboxylic acids is 1. The Labute approximate surface area is 213 Å². The van der Waals surface area contributed by atoms with Crippen molar-refractivity contribution in [2.24, 2.45) is 5.92 Å². The SMILES string of the molecule is COC[C@@H]1CCCN1N([C@@H](c1ccccc1)[C@@H](Cc1ccccc1)C(=O)OC(C)(C)C)[Si](C)(C)C. The zero-order valence-corrected chi connectivity index (χ0v) is 23.7. The molecule has 0 saturated carbocycles. The molecule has 6 heteroatoms. The molecular weight excluding hydrogens is 452 g/mol. The Morgan fingerprint density at radius 2 is 1.66 bits per heavy atom. The van der Waals surface area contributed by atoms with Crippen LogP contribution in [0.25, 0.3) is 0 Å². The summed E-state index contributed by atoms with van der Waals surface area (Å²) in [6, 6.07) is 21.1. The van der Waals surface area contributed by atoms with Gasteiger partial charge in [-0.3, -0.25) is 9.47 Å². The number of nitrogens with zero attached hydrogens (tertiary/aromatic N) is 2. The van der Waals surface area contributed by atoms with Crippen LogP contribution in [0, 0.1) is 5.92 Å². The van der Waals surface area contributed by atoms with E-state index in [1.165, 1.54) is 0 Å². The minimum atomic E-state index is -1.96. The van der Waals surface area contributed by atoms with Crippen LogP contribution in [0.4, 0.5) is 0 Å². The highest BCUT2D eigenvalue weighted by Gasteiger charge is 2.46. The molecule has 192 valence electrons. The standard InChI is InChI=1S/C29H44N2O3Si/c1-29(2,3)34-28(32)26(21-23-15-10-8-11-16-23)27(24-17-12-9-13-18-24)31(35(5,6)7)30-20-14-19-25(30)22-33-4/h8-13,15-18,25-27H,14,19-22H2,1-7H3/t25-,26+,27-/m0/s1. The minimum Gasteiger partial charge on any atom is -0.460 e. The van der Waals surface area contributed by atoms with Crippen molar-refractivity contribution < 1.29 is 14.3 Å². The van der Waals surface area contributed by atoms with Gasteiger partial charge in [0.2, 0.25) is 0 Å². The van der Waals surface area contributed by atoms with Crippen LogP contribution in [0.1, 0.15) is 50.8 Å². The first-order valence-electron chi connectivity index (χ1n) is 12.9. The lowest BCUT2D eigenvalue weighted by atomic mass is 9.87. The monoisotopic (exact) mass is 496 g/mol. The molecule has 0 N–H and O–H groups in total. The Hall–Kier alpha value is -1.99. The van der Waals surface area contributed by atoms with E-state index in [9.17, 15) is 4.79 Å². The van der Waals surface area contributed by atoms with Gasteiger partial charge < -0.3 is 9.47 Å². The van der Waals surface area contributed by atoms with E-state index in [2.05, 4.69) is 65.7 Å². The molecule has 0 unspecified atom stereocenters. The summed E-state index contributed by atoms with van der Waals surface area (Å²) >= 11 is 0. The largest absolute Gasteiger partial charge is 0.460 e. The van der Waals surface area contributed by atoms with Crippen molar-refractivity contribution in [1.82, 2.24) is 9.68 Å². The fraction of sp³-hybridized carbons (Fsp3) is 0.552. The van der Waals surface area contributed by atoms with Crippen molar-refractivity contribution in [1.29, 1.82) is 0 Å². The Balaban J connectivity index is 2.16. The summed E-state index contributed by atoms with van der Waals surface area (Å²) in [4.78, 5) is 14.0. The third kappa shape index (κ3) is 7.50. The number of ether oxygens (including phenoxy) is 2. The van der Waals surface area contributed by atoms with Crippen LogP contribution in [-0.4, -0.2) is 55.8 Å². The summed E-state index contributed by atoms with van der Waals surface area (Å²) in [5.41, 5.74) is 1.75. The molecule has 1 fully saturated rings. The normalized spacial score (nSPS) is 19.0. The van der Waals surface area contributed by atoms with Gasteiger partial charge in [-0.1, -0.05) is 80.3 Å². The molecule has 0 aliphatic carbocycles. The average molecular weight is 497 g/mol. The van der Waals surface area contributed by atoms with E-state index in [1.807, 2.05) is 45.0 Å². The van der Waals surface area contributed by atoms with Crippen molar-refractivity contribution in [2.45, 2.75) is 77.4 Å². The number of hydrogen-bond acceptors (Lipinski definition) is 5. The van der Waals surface area contributed by atoms with E-state index >= 15 is 0 Å². The summed E-state index contributed by atoms with van der Waals surface area (Å²) in [5, 5.41) is 2.52. The lowest BCUT2D eigenvalue weighted by Crippen LogP contribution is -2.61. The maximum atomic E-state index is 14.0. The highest BCUT2D eigenvalue weighted by Crippen LogP contribution is 2.40. The van der Waals surface area contributed by atoms with Gasteiger partial charge in [0.05, 0.1) is 18.6 Å². The molecule has 0 radical (unpaired) electrons. The van der Waals surface area contributed by atoms with E-state index in [0.717, 1.165) is 30.5 Å². The van der Waals surface area contributed by atoms with E-state index in [0.29, 0.717) is 19.1 Å². The van der Waals surface area contributed by atoms with Crippen molar-refractivity contribution in [2.75, 3.05) is 20.3 Å². The number of hydrazine groups is 1. The fourth-order valence-corrected chi connectivity index (χ4v) is 7.39. The summed E-state index contributed by atoms with van der Waals surface area (Å²) in [6.45, 7) is 14.7. The second-order valence-electron chi connectivity index (χ2n) is 11.6. The molecule has 0 amide bonds. The number of benzene rings is 2. The van der Waals surface area contributed by atoms with E-state index in [4.69, 9.17) is 9.47 Å². The molecule has 0 spiro atoms. The maximum Gasteiger partial charge on any atom is 0.311 e. The highest BCUT2D eigenvalue weighted by molar-refractivity contribution is 6.73. The predicted molar refractivity (Wildman–Crippen MR) is 145 cm³/mol. The van der Waals surface area contributed by atoms with Crippen molar-refractivity contribution in [3.63, 3.8) is 0 Å². The van der Waals surface area contributed by atoms with Gasteiger partial charge in [-0.25, -0.2) is 5.01 Å². The van der Waals surface area contributed by atoms with Crippen LogP contribution >= 0.6 is 0 Å². The summed E-state index contributed by atoms with van der Waals surface area (Å²) in [5.74, 6) is -0.490. The van der Waals surface area contributed by atoms with Crippen molar-refractivity contribution in [3.8, 4) is 0 Å². The molecule has 0 bridgehead atoms. The van der Waals surface area contributed by atoms with Gasteiger partial charge in [0.25, 0.3) is 0 Å². The number of esters is 1. The fourth-order valence-electron chi connectivity index (χ4n) is 5.19. The van der Waals surface area contributed by atoms with E-state index < -0.39 is 13.8 Å². The number of carbonyl (C=O) groups is 1. The molecule has 1 saturated heterocycles. The molecule has 3 rings (SSSR count). The van der Waals surface area contributed by atoms with Crippen LogP contribution in [-0.2, 0) is 20.7 Å². The smallest absolute Gasteiger partial charge is 0.311 e. The second-order valence-corrected chi connectivity index (χ2v) is 16.4. The Kier molecular flexibility index (Phi) is 9.32. The Morgan fingerprint density at radius 3 is 2.20 bits per heavy atom. The molecule has 2 aromatic carbocycles. The van der Waals surface area contributed by atoms with Gasteiger partial charge in [0.1, 0.15) is 13.8 Å². The van der Waals surface area contributed by atoms with Crippen molar-refractivity contribution in [3.05, 3.63) is 71.8 Å². The summed E-state index contributed by atoms with van der Waals surface area (Å²) in [7, 11) is -0.176. The predicted octanol–water partition coefficient (Wildman–Crippen LogP) is 6.09.